The lowest BCUT2D eigenvalue weighted by Crippen LogP contribution is -2.56. The molecule has 1 aliphatic heterocycles. The Kier molecular flexibility index (Phi) is 7.71. The summed E-state index contributed by atoms with van der Waals surface area (Å²) in [5.41, 5.74) is 5.23. The number of nitrogens with one attached hydrogen (secondary N) is 3. The first-order chi connectivity index (χ1) is 20.4. The molecule has 3 aromatic carbocycles. The van der Waals surface area contributed by atoms with Crippen molar-refractivity contribution < 1.29 is 18.3 Å². The molecule has 2 amide bonds. The fourth-order valence-corrected chi connectivity index (χ4v) is 5.57. The molecule has 0 bridgehead atoms. The van der Waals surface area contributed by atoms with Crippen molar-refractivity contribution in [3.63, 3.8) is 0 Å². The van der Waals surface area contributed by atoms with E-state index in [-0.39, 0.29) is 17.3 Å². The molecule has 1 aromatic heterocycles. The Morgan fingerprint density at radius 3 is 2.57 bits per heavy atom. The van der Waals surface area contributed by atoms with Crippen LogP contribution in [0.15, 0.2) is 85.2 Å². The summed E-state index contributed by atoms with van der Waals surface area (Å²) in [5, 5.41) is 9.97. The van der Waals surface area contributed by atoms with Crippen molar-refractivity contribution in [3.8, 4) is 16.9 Å². The van der Waals surface area contributed by atoms with E-state index in [9.17, 15) is 13.6 Å². The number of rotatable bonds is 8. The van der Waals surface area contributed by atoms with Crippen molar-refractivity contribution in [2.24, 2.45) is 5.92 Å². The number of carbonyl (C=O) groups excluding carboxylic acids is 1. The number of aromatic nitrogens is 2. The van der Waals surface area contributed by atoms with E-state index >= 15 is 0 Å². The molecule has 216 valence electrons. The molecule has 2 unspecified atom stereocenters. The van der Waals surface area contributed by atoms with E-state index in [1.54, 1.807) is 24.5 Å². The van der Waals surface area contributed by atoms with E-state index in [2.05, 4.69) is 54.9 Å². The molecule has 42 heavy (non-hydrogen) atoms. The number of hydrogen-bond acceptors (Lipinski definition) is 6. The molecule has 10 heteroatoms. The van der Waals surface area contributed by atoms with Crippen LogP contribution in [0.3, 0.4) is 0 Å². The van der Waals surface area contributed by atoms with Crippen LogP contribution in [0.25, 0.3) is 11.1 Å². The molecular formula is C32H32F2N6O2. The first kappa shape index (κ1) is 27.6. The van der Waals surface area contributed by atoms with Gasteiger partial charge in [-0.1, -0.05) is 48.5 Å². The Labute approximate surface area is 243 Å². The second-order valence-corrected chi connectivity index (χ2v) is 10.9. The van der Waals surface area contributed by atoms with Gasteiger partial charge in [0.1, 0.15) is 5.75 Å². The maximum atomic E-state index is 13.3. The summed E-state index contributed by atoms with van der Waals surface area (Å²) >= 11 is 0. The zero-order valence-electron chi connectivity index (χ0n) is 23.2. The summed E-state index contributed by atoms with van der Waals surface area (Å²) in [4.78, 5) is 24.0. The predicted octanol–water partition coefficient (Wildman–Crippen LogP) is 6.24. The number of aryl methyl sites for hydroxylation is 1. The lowest BCUT2D eigenvalue weighted by atomic mass is 10.0. The fraction of sp³-hybridized carbons (Fsp3) is 0.281. The van der Waals surface area contributed by atoms with Crippen molar-refractivity contribution in [2.75, 3.05) is 30.3 Å². The highest BCUT2D eigenvalue weighted by atomic mass is 19.3. The van der Waals surface area contributed by atoms with Crippen LogP contribution in [-0.2, 0) is 6.42 Å². The van der Waals surface area contributed by atoms with Gasteiger partial charge in [0.2, 0.25) is 5.95 Å². The van der Waals surface area contributed by atoms with Gasteiger partial charge in [-0.05, 0) is 66.6 Å². The van der Waals surface area contributed by atoms with Crippen molar-refractivity contribution in [3.05, 3.63) is 96.3 Å². The summed E-state index contributed by atoms with van der Waals surface area (Å²) < 4.78 is 29.2. The van der Waals surface area contributed by atoms with E-state index in [0.717, 1.165) is 47.5 Å². The Hall–Kier alpha value is -4.57. The maximum Gasteiger partial charge on any atom is 0.387 e. The largest absolute Gasteiger partial charge is 0.435 e. The van der Waals surface area contributed by atoms with Crippen LogP contribution in [0.4, 0.5) is 30.9 Å². The summed E-state index contributed by atoms with van der Waals surface area (Å²) in [5.74, 6) is 1.00. The Bertz CT molecular complexity index is 1540. The molecule has 1 saturated heterocycles. The molecule has 6 rings (SSSR count). The summed E-state index contributed by atoms with van der Waals surface area (Å²) in [6.07, 6.45) is 5.39. The Morgan fingerprint density at radius 2 is 1.83 bits per heavy atom. The highest BCUT2D eigenvalue weighted by Gasteiger charge is 2.56. The van der Waals surface area contributed by atoms with Gasteiger partial charge in [-0.15, -0.1) is 0 Å². The van der Waals surface area contributed by atoms with Crippen LogP contribution in [0.2, 0.25) is 0 Å². The van der Waals surface area contributed by atoms with Crippen molar-refractivity contribution >= 4 is 23.4 Å². The predicted molar refractivity (Wildman–Crippen MR) is 158 cm³/mol. The molecule has 0 radical (unpaired) electrons. The molecular weight excluding hydrogens is 538 g/mol. The number of hydrogen-bond donors (Lipinski definition) is 3. The van der Waals surface area contributed by atoms with Crippen LogP contribution in [-0.4, -0.2) is 52.7 Å². The van der Waals surface area contributed by atoms with Crippen LogP contribution in [0.1, 0.15) is 17.5 Å². The van der Waals surface area contributed by atoms with Gasteiger partial charge in [0.15, 0.2) is 0 Å². The van der Waals surface area contributed by atoms with Crippen LogP contribution >= 0.6 is 0 Å². The molecule has 2 heterocycles. The van der Waals surface area contributed by atoms with E-state index in [4.69, 9.17) is 0 Å². The standard InChI is InChI=1S/C32H32F2N6O2/c1-21-7-10-26(38-30-35-18-24(19-36-30)23-8-11-27(12-9-23)42-29(33)34)16-28(21)39-31(41)40-14-13-37-32(20-40)17-25(32)15-22-5-3-2-4-6-22/h2-12,16,18-19,25,29,37H,13-15,17,20H2,1H3,(H,39,41)(H,35,36,38). The third-order valence-electron chi connectivity index (χ3n) is 7.98. The number of amides is 2. The second-order valence-electron chi connectivity index (χ2n) is 10.9. The lowest BCUT2D eigenvalue weighted by molar-refractivity contribution is -0.0498. The second kappa shape index (κ2) is 11.7. The summed E-state index contributed by atoms with van der Waals surface area (Å²) in [7, 11) is 0. The first-order valence-corrected chi connectivity index (χ1v) is 14.0. The maximum absolute atomic E-state index is 13.3. The van der Waals surface area contributed by atoms with Crippen molar-refractivity contribution in [1.82, 2.24) is 20.2 Å². The molecule has 4 aromatic rings. The number of alkyl halides is 2. The number of ether oxygens (including phenoxy) is 1. The van der Waals surface area contributed by atoms with E-state index < -0.39 is 6.61 Å². The van der Waals surface area contributed by atoms with Gasteiger partial charge in [0.25, 0.3) is 0 Å². The van der Waals surface area contributed by atoms with Crippen LogP contribution in [0, 0.1) is 12.8 Å². The number of nitrogens with zero attached hydrogens (tertiary/aromatic N) is 3. The molecule has 2 fully saturated rings. The van der Waals surface area contributed by atoms with E-state index in [1.807, 2.05) is 36.1 Å². The highest BCUT2D eigenvalue weighted by Crippen LogP contribution is 2.47. The number of carbonyl (C=O) groups is 1. The number of benzene rings is 3. The average molecular weight is 571 g/mol. The zero-order chi connectivity index (χ0) is 29.1. The number of piperazine rings is 1. The average Bonchev–Trinajstić information content (AvgIpc) is 3.64. The highest BCUT2D eigenvalue weighted by molar-refractivity contribution is 5.91. The number of anilines is 3. The zero-order valence-corrected chi connectivity index (χ0v) is 23.2. The third-order valence-corrected chi connectivity index (χ3v) is 7.98. The summed E-state index contributed by atoms with van der Waals surface area (Å²) in [6, 6.07) is 22.4. The van der Waals surface area contributed by atoms with Gasteiger partial charge in [-0.3, -0.25) is 0 Å². The van der Waals surface area contributed by atoms with Gasteiger partial charge in [-0.25, -0.2) is 14.8 Å². The summed E-state index contributed by atoms with van der Waals surface area (Å²) in [6.45, 7) is 1.22. The third kappa shape index (κ3) is 6.33. The van der Waals surface area contributed by atoms with Crippen molar-refractivity contribution in [1.29, 1.82) is 0 Å². The fourth-order valence-electron chi connectivity index (χ4n) is 5.57. The molecule has 2 atom stereocenters. The van der Waals surface area contributed by atoms with E-state index in [1.165, 1.54) is 17.7 Å². The normalized spacial score (nSPS) is 19.5. The lowest BCUT2D eigenvalue weighted by Gasteiger charge is -2.35. The van der Waals surface area contributed by atoms with Gasteiger partial charge < -0.3 is 25.6 Å². The quantitative estimate of drug-likeness (QED) is 0.233. The smallest absolute Gasteiger partial charge is 0.387 e. The number of halogens is 2. The van der Waals surface area contributed by atoms with Gasteiger partial charge >= 0.3 is 12.6 Å². The van der Waals surface area contributed by atoms with E-state index in [0.29, 0.717) is 25.0 Å². The van der Waals surface area contributed by atoms with Crippen molar-refractivity contribution in [2.45, 2.75) is 31.9 Å². The minimum Gasteiger partial charge on any atom is -0.435 e. The molecule has 1 aliphatic carbocycles. The topological polar surface area (TPSA) is 91.4 Å². The molecule has 1 spiro atoms. The molecule has 8 nitrogen and oxygen atoms in total. The molecule has 1 saturated carbocycles. The van der Waals surface area contributed by atoms with Crippen LogP contribution in [0.5, 0.6) is 5.75 Å². The minimum atomic E-state index is -2.87. The Balaban J connectivity index is 1.07. The minimum absolute atomic E-state index is 0.00492. The van der Waals surface area contributed by atoms with Gasteiger partial charge in [-0.2, -0.15) is 8.78 Å². The monoisotopic (exact) mass is 570 g/mol. The van der Waals surface area contributed by atoms with Gasteiger partial charge in [0.05, 0.1) is 0 Å². The molecule has 3 N–H and O–H groups in total. The number of urea groups is 1. The van der Waals surface area contributed by atoms with Gasteiger partial charge in [0, 0.05) is 54.5 Å². The first-order valence-electron chi connectivity index (χ1n) is 14.0. The Morgan fingerprint density at radius 1 is 1.07 bits per heavy atom. The SMILES string of the molecule is Cc1ccc(Nc2ncc(-c3ccc(OC(F)F)cc3)cn2)cc1NC(=O)N1CCNC2(CC2Cc2ccccc2)C1. The van der Waals surface area contributed by atoms with Crippen LogP contribution < -0.4 is 20.7 Å². The molecule has 2 aliphatic rings.